The van der Waals surface area contributed by atoms with E-state index in [0.29, 0.717) is 5.57 Å². The Morgan fingerprint density at radius 1 is 1.12 bits per heavy atom. The summed E-state index contributed by atoms with van der Waals surface area (Å²) in [6.45, 7) is 1.37. The molecular formula is C16H24O8. The lowest BCUT2D eigenvalue weighted by molar-refractivity contribution is -0.339. The van der Waals surface area contributed by atoms with Gasteiger partial charge in [-0.2, -0.15) is 0 Å². The van der Waals surface area contributed by atoms with Crippen LogP contribution in [0.3, 0.4) is 0 Å². The number of allylic oxidation sites excluding steroid dienone is 1. The topological polar surface area (TPSA) is 129 Å². The van der Waals surface area contributed by atoms with E-state index in [9.17, 15) is 25.5 Å². The zero-order chi connectivity index (χ0) is 17.4. The molecule has 0 amide bonds. The lowest BCUT2D eigenvalue weighted by Gasteiger charge is -2.42. The number of hydrogen-bond acceptors (Lipinski definition) is 8. The van der Waals surface area contributed by atoms with Gasteiger partial charge < -0.3 is 39.7 Å². The summed E-state index contributed by atoms with van der Waals surface area (Å²) in [4.78, 5) is 0. The van der Waals surface area contributed by atoms with E-state index in [1.54, 1.807) is 0 Å². The molecule has 136 valence electrons. The molecule has 0 bridgehead atoms. The molecule has 8 atom stereocenters. The number of rotatable bonds is 4. The lowest BCUT2D eigenvalue weighted by atomic mass is 9.87. The van der Waals surface area contributed by atoms with Crippen molar-refractivity contribution >= 4 is 0 Å². The Kier molecular flexibility index (Phi) is 5.26. The summed E-state index contributed by atoms with van der Waals surface area (Å²) < 4.78 is 16.7. The Balaban J connectivity index is 1.75. The Bertz CT molecular complexity index is 516. The fourth-order valence-electron chi connectivity index (χ4n) is 3.52. The maximum Gasteiger partial charge on any atom is 0.208 e. The number of aliphatic hydroxyl groups excluding tert-OH is 5. The van der Waals surface area contributed by atoms with Gasteiger partial charge in [0.2, 0.25) is 6.29 Å². The second-order valence-electron chi connectivity index (χ2n) is 6.54. The SMILES string of the molecule is CC1CC=C2C(CO)=COC(OC3OC(CO)C(O)C(O)C3O)C21. The maximum atomic E-state index is 10.1. The zero-order valence-corrected chi connectivity index (χ0v) is 13.4. The molecule has 8 unspecified atom stereocenters. The van der Waals surface area contributed by atoms with Crippen molar-refractivity contribution in [1.29, 1.82) is 0 Å². The van der Waals surface area contributed by atoms with E-state index in [-0.39, 0.29) is 18.4 Å². The van der Waals surface area contributed by atoms with Crippen LogP contribution in [0.25, 0.3) is 0 Å². The zero-order valence-electron chi connectivity index (χ0n) is 13.4. The average Bonchev–Trinajstić information content (AvgIpc) is 2.98. The number of aliphatic hydroxyl groups is 5. The maximum absolute atomic E-state index is 10.1. The van der Waals surface area contributed by atoms with Gasteiger partial charge in [0, 0.05) is 11.5 Å². The van der Waals surface area contributed by atoms with Crippen molar-refractivity contribution < 1.29 is 39.7 Å². The fourth-order valence-corrected chi connectivity index (χ4v) is 3.52. The molecule has 0 radical (unpaired) electrons. The Morgan fingerprint density at radius 3 is 2.54 bits per heavy atom. The van der Waals surface area contributed by atoms with Crippen LogP contribution in [0, 0.1) is 11.8 Å². The summed E-state index contributed by atoms with van der Waals surface area (Å²) >= 11 is 0. The monoisotopic (exact) mass is 344 g/mol. The van der Waals surface area contributed by atoms with Gasteiger partial charge in [0.05, 0.1) is 19.5 Å². The van der Waals surface area contributed by atoms with Gasteiger partial charge in [0.1, 0.15) is 24.4 Å². The molecule has 8 nitrogen and oxygen atoms in total. The average molecular weight is 344 g/mol. The van der Waals surface area contributed by atoms with Crippen molar-refractivity contribution in [2.75, 3.05) is 13.2 Å². The van der Waals surface area contributed by atoms with Crippen molar-refractivity contribution in [2.45, 2.75) is 50.3 Å². The Labute approximate surface area is 139 Å². The highest BCUT2D eigenvalue weighted by molar-refractivity contribution is 5.38. The van der Waals surface area contributed by atoms with Crippen LogP contribution in [-0.4, -0.2) is 75.7 Å². The molecule has 3 aliphatic rings. The molecule has 1 fully saturated rings. The highest BCUT2D eigenvalue weighted by Gasteiger charge is 2.47. The predicted molar refractivity (Wildman–Crippen MR) is 80.2 cm³/mol. The number of ether oxygens (including phenoxy) is 3. The first-order chi connectivity index (χ1) is 11.5. The summed E-state index contributed by atoms with van der Waals surface area (Å²) in [6.07, 6.45) is -3.17. The van der Waals surface area contributed by atoms with E-state index in [4.69, 9.17) is 14.2 Å². The van der Waals surface area contributed by atoms with Gasteiger partial charge >= 0.3 is 0 Å². The van der Waals surface area contributed by atoms with Crippen LogP contribution < -0.4 is 0 Å². The highest BCUT2D eigenvalue weighted by Crippen LogP contribution is 2.43. The van der Waals surface area contributed by atoms with Crippen LogP contribution in [-0.2, 0) is 14.2 Å². The highest BCUT2D eigenvalue weighted by atomic mass is 16.8. The van der Waals surface area contributed by atoms with Gasteiger partial charge in [-0.1, -0.05) is 13.0 Å². The van der Waals surface area contributed by atoms with Crippen molar-refractivity contribution in [3.63, 3.8) is 0 Å². The van der Waals surface area contributed by atoms with Crippen LogP contribution in [0.2, 0.25) is 0 Å². The molecule has 0 aromatic rings. The van der Waals surface area contributed by atoms with Crippen LogP contribution in [0.1, 0.15) is 13.3 Å². The van der Waals surface area contributed by atoms with Gasteiger partial charge in [-0.15, -0.1) is 0 Å². The second-order valence-corrected chi connectivity index (χ2v) is 6.54. The van der Waals surface area contributed by atoms with Crippen LogP contribution in [0.4, 0.5) is 0 Å². The Morgan fingerprint density at radius 2 is 1.88 bits per heavy atom. The number of fused-ring (bicyclic) bond motifs is 1. The van der Waals surface area contributed by atoms with Crippen LogP contribution >= 0.6 is 0 Å². The van der Waals surface area contributed by atoms with Gasteiger partial charge in [-0.25, -0.2) is 0 Å². The minimum Gasteiger partial charge on any atom is -0.471 e. The molecule has 0 aromatic heterocycles. The first-order valence-electron chi connectivity index (χ1n) is 8.09. The minimum absolute atomic E-state index is 0.135. The van der Waals surface area contributed by atoms with Crippen LogP contribution in [0.15, 0.2) is 23.5 Å². The molecule has 3 rings (SSSR count). The van der Waals surface area contributed by atoms with Gasteiger partial charge in [0.25, 0.3) is 0 Å². The van der Waals surface area contributed by atoms with E-state index in [2.05, 4.69) is 0 Å². The number of hydrogen-bond donors (Lipinski definition) is 5. The first kappa shape index (κ1) is 17.8. The van der Waals surface area contributed by atoms with E-state index in [0.717, 1.165) is 12.0 Å². The predicted octanol–water partition coefficient (Wildman–Crippen LogP) is -1.38. The van der Waals surface area contributed by atoms with Crippen LogP contribution in [0.5, 0.6) is 0 Å². The molecule has 8 heteroatoms. The molecule has 0 aromatic carbocycles. The molecule has 0 spiro atoms. The molecule has 5 N–H and O–H groups in total. The summed E-state index contributed by atoms with van der Waals surface area (Å²) in [5, 5.41) is 48.4. The third-order valence-corrected chi connectivity index (χ3v) is 4.98. The van der Waals surface area contributed by atoms with E-state index in [1.165, 1.54) is 6.26 Å². The third kappa shape index (κ3) is 2.99. The van der Waals surface area contributed by atoms with Crippen molar-refractivity contribution in [3.8, 4) is 0 Å². The van der Waals surface area contributed by atoms with Crippen molar-refractivity contribution in [2.24, 2.45) is 11.8 Å². The van der Waals surface area contributed by atoms with E-state index < -0.39 is 43.6 Å². The van der Waals surface area contributed by atoms with Crippen molar-refractivity contribution in [1.82, 2.24) is 0 Å². The van der Waals surface area contributed by atoms with Gasteiger partial charge in [0.15, 0.2) is 6.29 Å². The summed E-state index contributed by atoms with van der Waals surface area (Å²) in [5.41, 5.74) is 1.64. The van der Waals surface area contributed by atoms with Gasteiger partial charge in [-0.3, -0.25) is 0 Å². The van der Waals surface area contributed by atoms with Gasteiger partial charge in [-0.05, 0) is 17.9 Å². The molecule has 24 heavy (non-hydrogen) atoms. The summed E-state index contributed by atoms with van der Waals surface area (Å²) in [6, 6.07) is 0. The fraction of sp³-hybridized carbons (Fsp3) is 0.750. The first-order valence-corrected chi connectivity index (χ1v) is 8.09. The molecule has 2 heterocycles. The second kappa shape index (κ2) is 7.09. The van der Waals surface area contributed by atoms with Crippen molar-refractivity contribution in [3.05, 3.63) is 23.5 Å². The van der Waals surface area contributed by atoms with E-state index in [1.807, 2.05) is 13.0 Å². The third-order valence-electron chi connectivity index (χ3n) is 4.98. The molecular weight excluding hydrogens is 320 g/mol. The largest absolute Gasteiger partial charge is 0.471 e. The molecule has 1 saturated heterocycles. The molecule has 2 aliphatic heterocycles. The summed E-state index contributed by atoms with van der Waals surface area (Å²) in [5.74, 6) is 0.0784. The van der Waals surface area contributed by atoms with E-state index >= 15 is 0 Å². The lowest BCUT2D eigenvalue weighted by Crippen LogP contribution is -2.60. The molecule has 1 aliphatic carbocycles. The quantitative estimate of drug-likeness (QED) is 0.422. The smallest absolute Gasteiger partial charge is 0.208 e. The molecule has 0 saturated carbocycles. The summed E-state index contributed by atoms with van der Waals surface area (Å²) in [7, 11) is 0. The minimum atomic E-state index is -1.50. The standard InChI is InChI=1S/C16H24O8/c1-7-2-3-9-8(4-17)6-22-15(11(7)9)24-16-14(21)13(20)12(19)10(5-18)23-16/h3,6-7,10-21H,2,4-5H2,1H3. The Hall–Kier alpha value is -1.00. The normalized spacial score (nSPS) is 45.2.